The smallest absolute Gasteiger partial charge is 0.126 e. The maximum absolute atomic E-state index is 5.93. The van der Waals surface area contributed by atoms with Gasteiger partial charge in [-0.25, -0.2) is 4.98 Å². The number of nitrogens with two attached hydrogens (primary N) is 1. The minimum absolute atomic E-state index is 0.0838. The van der Waals surface area contributed by atoms with Gasteiger partial charge in [0, 0.05) is 12.7 Å². The lowest BCUT2D eigenvalue weighted by molar-refractivity contribution is 0.330. The molecule has 0 bridgehead atoms. The van der Waals surface area contributed by atoms with Crippen molar-refractivity contribution in [3.8, 4) is 0 Å². The maximum Gasteiger partial charge on any atom is 0.126 e. The molecule has 0 saturated heterocycles. The minimum atomic E-state index is 0.0838. The van der Waals surface area contributed by atoms with E-state index in [1.165, 1.54) is 37.7 Å². The number of nitrogens with zero attached hydrogens (tertiary/aromatic N) is 1. The van der Waals surface area contributed by atoms with Crippen LogP contribution in [-0.4, -0.2) is 17.1 Å². The first kappa shape index (κ1) is 11.4. The van der Waals surface area contributed by atoms with E-state index in [1.807, 2.05) is 12.3 Å². The molecule has 1 saturated carbocycles. The summed E-state index contributed by atoms with van der Waals surface area (Å²) in [5.41, 5.74) is 7.20. The van der Waals surface area contributed by atoms with Crippen molar-refractivity contribution >= 4 is 5.82 Å². The molecule has 0 spiro atoms. The Hall–Kier alpha value is -1.09. The summed E-state index contributed by atoms with van der Waals surface area (Å²) in [6.07, 6.45) is 8.12. The fourth-order valence-corrected chi connectivity index (χ4v) is 2.42. The van der Waals surface area contributed by atoms with Crippen molar-refractivity contribution < 1.29 is 0 Å². The lowest BCUT2D eigenvalue weighted by Crippen LogP contribution is -2.47. The van der Waals surface area contributed by atoms with Gasteiger partial charge >= 0.3 is 0 Å². The third kappa shape index (κ3) is 2.53. The molecule has 3 nitrogen and oxygen atoms in total. The van der Waals surface area contributed by atoms with E-state index in [1.54, 1.807) is 0 Å². The number of pyridine rings is 1. The Morgan fingerprint density at radius 3 is 2.62 bits per heavy atom. The van der Waals surface area contributed by atoms with Gasteiger partial charge in [-0.05, 0) is 31.4 Å². The van der Waals surface area contributed by atoms with Crippen molar-refractivity contribution in [1.29, 1.82) is 0 Å². The highest BCUT2D eigenvalue weighted by molar-refractivity contribution is 5.39. The zero-order valence-electron chi connectivity index (χ0n) is 10.00. The number of aryl methyl sites for hydroxylation is 1. The molecule has 1 fully saturated rings. The lowest BCUT2D eigenvalue weighted by Gasteiger charge is -2.37. The van der Waals surface area contributed by atoms with Gasteiger partial charge in [-0.3, -0.25) is 0 Å². The van der Waals surface area contributed by atoms with Crippen molar-refractivity contribution in [2.75, 3.05) is 11.9 Å². The summed E-state index contributed by atoms with van der Waals surface area (Å²) in [4.78, 5) is 4.40. The fraction of sp³-hybridized carbons (Fsp3) is 0.615. The average molecular weight is 219 g/mol. The van der Waals surface area contributed by atoms with Gasteiger partial charge in [-0.15, -0.1) is 0 Å². The van der Waals surface area contributed by atoms with Gasteiger partial charge < -0.3 is 11.1 Å². The van der Waals surface area contributed by atoms with Crippen molar-refractivity contribution in [3.05, 3.63) is 23.9 Å². The largest absolute Gasteiger partial charge is 0.363 e. The van der Waals surface area contributed by atoms with Crippen LogP contribution >= 0.6 is 0 Å². The van der Waals surface area contributed by atoms with E-state index in [2.05, 4.69) is 23.3 Å². The summed E-state index contributed by atoms with van der Waals surface area (Å²) < 4.78 is 0. The predicted octanol–water partition coefficient (Wildman–Crippen LogP) is 2.46. The Bertz CT molecular complexity index is 326. The number of rotatable bonds is 3. The van der Waals surface area contributed by atoms with Crippen molar-refractivity contribution in [3.63, 3.8) is 0 Å². The quantitative estimate of drug-likeness (QED) is 0.821. The first-order valence-corrected chi connectivity index (χ1v) is 6.15. The lowest BCUT2D eigenvalue weighted by atomic mass is 9.81. The van der Waals surface area contributed by atoms with Gasteiger partial charge in [-0.1, -0.05) is 25.3 Å². The second-order valence-corrected chi connectivity index (χ2v) is 4.89. The predicted molar refractivity (Wildman–Crippen MR) is 67.5 cm³/mol. The van der Waals surface area contributed by atoms with E-state index in [-0.39, 0.29) is 5.54 Å². The summed E-state index contributed by atoms with van der Waals surface area (Å²) in [6, 6.07) is 4.13. The van der Waals surface area contributed by atoms with E-state index >= 15 is 0 Å². The average Bonchev–Trinajstić information content (AvgIpc) is 2.33. The van der Waals surface area contributed by atoms with Gasteiger partial charge in [-0.2, -0.15) is 0 Å². The van der Waals surface area contributed by atoms with Gasteiger partial charge in [0.2, 0.25) is 0 Å². The summed E-state index contributed by atoms with van der Waals surface area (Å²) in [6.45, 7) is 2.75. The highest BCUT2D eigenvalue weighted by Gasteiger charge is 2.30. The number of hydrogen-bond acceptors (Lipinski definition) is 3. The summed E-state index contributed by atoms with van der Waals surface area (Å²) >= 11 is 0. The van der Waals surface area contributed by atoms with Crippen LogP contribution in [0.15, 0.2) is 18.3 Å². The highest BCUT2D eigenvalue weighted by atomic mass is 15.1. The summed E-state index contributed by atoms with van der Waals surface area (Å²) in [5.74, 6) is 0.956. The second kappa shape index (κ2) is 4.83. The maximum atomic E-state index is 5.93. The summed E-state index contributed by atoms with van der Waals surface area (Å²) in [7, 11) is 0. The molecule has 1 aromatic rings. The van der Waals surface area contributed by atoms with Crippen molar-refractivity contribution in [1.82, 2.24) is 4.98 Å². The van der Waals surface area contributed by atoms with Crippen molar-refractivity contribution in [2.24, 2.45) is 5.73 Å². The minimum Gasteiger partial charge on any atom is -0.363 e. The molecule has 1 aliphatic rings. The van der Waals surface area contributed by atoms with Crippen LogP contribution < -0.4 is 11.1 Å². The van der Waals surface area contributed by atoms with Crippen LogP contribution in [0.1, 0.15) is 37.7 Å². The summed E-state index contributed by atoms with van der Waals surface area (Å²) in [5, 5.41) is 3.54. The number of anilines is 1. The Morgan fingerprint density at radius 1 is 1.31 bits per heavy atom. The number of hydrogen-bond donors (Lipinski definition) is 2. The highest BCUT2D eigenvalue weighted by Crippen LogP contribution is 2.30. The normalized spacial score (nSPS) is 19.4. The Labute approximate surface area is 97.5 Å². The molecular weight excluding hydrogens is 198 g/mol. The second-order valence-electron chi connectivity index (χ2n) is 4.89. The molecule has 1 aromatic heterocycles. The molecule has 2 rings (SSSR count). The first-order valence-electron chi connectivity index (χ1n) is 6.15. The molecule has 0 aromatic carbocycles. The van der Waals surface area contributed by atoms with E-state index in [0.717, 1.165) is 5.82 Å². The van der Waals surface area contributed by atoms with Gasteiger partial charge in [0.05, 0.1) is 5.54 Å². The molecule has 0 aliphatic heterocycles. The Morgan fingerprint density at radius 2 is 2.06 bits per heavy atom. The van der Waals surface area contributed by atoms with Gasteiger partial charge in [0.15, 0.2) is 0 Å². The zero-order valence-corrected chi connectivity index (χ0v) is 10.00. The van der Waals surface area contributed by atoms with E-state index < -0.39 is 0 Å². The zero-order chi connectivity index (χ0) is 11.4. The van der Waals surface area contributed by atoms with Crippen molar-refractivity contribution in [2.45, 2.75) is 44.6 Å². The Balaban J connectivity index is 2.08. The third-order valence-electron chi connectivity index (χ3n) is 3.51. The Kier molecular flexibility index (Phi) is 3.44. The molecule has 0 amide bonds. The molecule has 3 heteroatoms. The molecule has 1 aliphatic carbocycles. The van der Waals surface area contributed by atoms with Crippen LogP contribution in [0.3, 0.4) is 0 Å². The van der Waals surface area contributed by atoms with Crippen LogP contribution in [0.2, 0.25) is 0 Å². The monoisotopic (exact) mass is 219 g/mol. The first-order chi connectivity index (χ1) is 7.74. The van der Waals surface area contributed by atoms with E-state index in [9.17, 15) is 0 Å². The number of nitrogens with one attached hydrogen (secondary N) is 1. The third-order valence-corrected chi connectivity index (χ3v) is 3.51. The van der Waals surface area contributed by atoms with Crippen LogP contribution in [0.4, 0.5) is 5.82 Å². The molecule has 3 N–H and O–H groups in total. The molecule has 0 radical (unpaired) electrons. The molecule has 1 heterocycles. The topological polar surface area (TPSA) is 50.9 Å². The molecule has 88 valence electrons. The standard InChI is InChI=1S/C13H21N3/c1-11-5-6-12(15-9-11)16-13(10-14)7-3-2-4-8-13/h5-6,9H,2-4,7-8,10,14H2,1H3,(H,15,16). The molecule has 0 atom stereocenters. The fourth-order valence-electron chi connectivity index (χ4n) is 2.42. The van der Waals surface area contributed by atoms with Crippen LogP contribution in [0.5, 0.6) is 0 Å². The van der Waals surface area contributed by atoms with Gasteiger partial charge in [0.25, 0.3) is 0 Å². The van der Waals surface area contributed by atoms with Crippen LogP contribution in [0.25, 0.3) is 0 Å². The molecule has 16 heavy (non-hydrogen) atoms. The van der Waals surface area contributed by atoms with Crippen LogP contribution in [-0.2, 0) is 0 Å². The van der Waals surface area contributed by atoms with E-state index in [0.29, 0.717) is 6.54 Å². The SMILES string of the molecule is Cc1ccc(NC2(CN)CCCCC2)nc1. The molecular formula is C13H21N3. The molecule has 0 unspecified atom stereocenters. The van der Waals surface area contributed by atoms with Crippen LogP contribution in [0, 0.1) is 6.92 Å². The van der Waals surface area contributed by atoms with Gasteiger partial charge in [0.1, 0.15) is 5.82 Å². The van der Waals surface area contributed by atoms with E-state index in [4.69, 9.17) is 5.73 Å². The number of aromatic nitrogens is 1.